The number of hydrogen-bond acceptors (Lipinski definition) is 5. The third-order valence-corrected chi connectivity index (χ3v) is 16.9. The number of unbranched alkanes of at least 4 members (excludes halogenated alkanes) is 55. The van der Waals surface area contributed by atoms with Crippen molar-refractivity contribution in [3.63, 3.8) is 0 Å². The quantitative estimate of drug-likeness (QED) is 0.0373. The molecule has 0 spiro atoms. The van der Waals surface area contributed by atoms with Crippen molar-refractivity contribution in [3.05, 3.63) is 36.5 Å². The van der Waals surface area contributed by atoms with Crippen LogP contribution < -0.4 is 0 Å². The highest BCUT2D eigenvalue weighted by Gasteiger charge is 2.16. The maximum absolute atomic E-state index is 12.4. The van der Waals surface area contributed by atoms with E-state index in [0.717, 1.165) is 44.9 Å². The van der Waals surface area contributed by atoms with Crippen LogP contribution in [0.3, 0.4) is 0 Å². The zero-order valence-corrected chi connectivity index (χ0v) is 54.4. The Morgan fingerprint density at radius 1 is 0.287 bits per heavy atom. The third-order valence-electron chi connectivity index (χ3n) is 16.9. The Bertz CT molecular complexity index is 1270. The number of hydrogen-bond donors (Lipinski definition) is 1. The van der Waals surface area contributed by atoms with Crippen LogP contribution in [0.5, 0.6) is 0 Å². The van der Waals surface area contributed by atoms with Crippen molar-refractivity contribution < 1.29 is 24.2 Å². The average Bonchev–Trinajstić information content (AvgIpc) is 3.46. The van der Waals surface area contributed by atoms with Crippen molar-refractivity contribution in [2.24, 2.45) is 0 Å². The van der Waals surface area contributed by atoms with Gasteiger partial charge in [-0.1, -0.05) is 384 Å². The zero-order chi connectivity index (χ0) is 57.6. The van der Waals surface area contributed by atoms with Crippen LogP contribution in [0.2, 0.25) is 0 Å². The summed E-state index contributed by atoms with van der Waals surface area (Å²) in [4.78, 5) is 24.7. The standard InChI is InChI=1S/C75H142O5/c1-3-5-7-9-11-13-15-17-19-21-23-25-27-29-31-32-33-34-35-36-37-38-39-40-41-42-44-46-48-50-52-54-56-58-60-62-64-66-68-70-75(78)80-73(71-76)72-79-74(77)69-67-65-63-61-59-57-55-53-51-49-47-45-43-30-28-26-24-22-20-18-16-14-12-10-8-6-4-2/h15,17,21,23,27,29,73,76H,3-14,16,18-20,22,24-26,28,30-72H2,1-2H3/b17-15-,23-21-,29-27-. The lowest BCUT2D eigenvalue weighted by atomic mass is 10.0. The van der Waals surface area contributed by atoms with E-state index in [2.05, 4.69) is 50.3 Å². The van der Waals surface area contributed by atoms with Crippen LogP contribution in [-0.2, 0) is 19.1 Å². The molecule has 1 atom stereocenters. The summed E-state index contributed by atoms with van der Waals surface area (Å²) in [5.41, 5.74) is 0. The second kappa shape index (κ2) is 71.4. The molecule has 1 N–H and O–H groups in total. The second-order valence-corrected chi connectivity index (χ2v) is 25.0. The molecule has 5 heteroatoms. The van der Waals surface area contributed by atoms with Gasteiger partial charge in [0, 0.05) is 12.8 Å². The molecule has 0 aliphatic carbocycles. The van der Waals surface area contributed by atoms with E-state index in [-0.39, 0.29) is 25.2 Å². The minimum atomic E-state index is -0.769. The predicted octanol–water partition coefficient (Wildman–Crippen LogP) is 25.3. The summed E-state index contributed by atoms with van der Waals surface area (Å²) in [5, 5.41) is 9.71. The van der Waals surface area contributed by atoms with Gasteiger partial charge in [0.15, 0.2) is 6.10 Å². The van der Waals surface area contributed by atoms with Gasteiger partial charge in [0.1, 0.15) is 6.61 Å². The summed E-state index contributed by atoms with van der Waals surface area (Å²) >= 11 is 0. The molecule has 472 valence electrons. The Hall–Kier alpha value is -1.88. The number of carbonyl (C=O) groups excluding carboxylic acids is 2. The number of rotatable bonds is 69. The Labute approximate surface area is 501 Å². The fraction of sp³-hybridized carbons (Fsp3) is 0.893. The highest BCUT2D eigenvalue weighted by molar-refractivity contribution is 5.70. The second-order valence-electron chi connectivity index (χ2n) is 25.0. The van der Waals surface area contributed by atoms with E-state index < -0.39 is 6.10 Å². The summed E-state index contributed by atoms with van der Waals surface area (Å²) in [6, 6.07) is 0. The van der Waals surface area contributed by atoms with E-state index in [4.69, 9.17) is 9.47 Å². The number of esters is 2. The Balaban J connectivity index is 3.37. The Kier molecular flexibility index (Phi) is 69.7. The van der Waals surface area contributed by atoms with E-state index in [0.29, 0.717) is 12.8 Å². The molecule has 0 heterocycles. The lowest BCUT2D eigenvalue weighted by Gasteiger charge is -2.15. The number of carbonyl (C=O) groups is 2. The van der Waals surface area contributed by atoms with Crippen LogP contribution in [-0.4, -0.2) is 36.4 Å². The van der Waals surface area contributed by atoms with Crippen molar-refractivity contribution in [2.45, 2.75) is 418 Å². The highest BCUT2D eigenvalue weighted by atomic mass is 16.6. The molecule has 0 aromatic rings. The molecule has 0 saturated heterocycles. The van der Waals surface area contributed by atoms with Gasteiger partial charge >= 0.3 is 11.9 Å². The fourth-order valence-electron chi connectivity index (χ4n) is 11.5. The summed E-state index contributed by atoms with van der Waals surface area (Å²) < 4.78 is 10.8. The van der Waals surface area contributed by atoms with E-state index in [1.54, 1.807) is 0 Å². The minimum Gasteiger partial charge on any atom is -0.462 e. The highest BCUT2D eigenvalue weighted by Crippen LogP contribution is 2.19. The van der Waals surface area contributed by atoms with E-state index in [1.165, 1.54) is 340 Å². The monoisotopic (exact) mass is 1120 g/mol. The Morgan fingerprint density at radius 3 is 0.750 bits per heavy atom. The molecule has 0 saturated carbocycles. The van der Waals surface area contributed by atoms with Gasteiger partial charge in [0.05, 0.1) is 6.61 Å². The lowest BCUT2D eigenvalue weighted by molar-refractivity contribution is -0.161. The normalized spacial score (nSPS) is 12.3. The summed E-state index contributed by atoms with van der Waals surface area (Å²) in [5.74, 6) is -0.562. The van der Waals surface area contributed by atoms with Gasteiger partial charge in [0.25, 0.3) is 0 Å². The van der Waals surface area contributed by atoms with Gasteiger partial charge in [-0.2, -0.15) is 0 Å². The van der Waals surface area contributed by atoms with Crippen LogP contribution in [0.1, 0.15) is 412 Å². The molecular formula is C75H142O5. The first-order valence-corrected chi connectivity index (χ1v) is 36.5. The van der Waals surface area contributed by atoms with E-state index >= 15 is 0 Å². The Morgan fingerprint density at radius 2 is 0.500 bits per heavy atom. The van der Waals surface area contributed by atoms with Crippen LogP contribution in [0.25, 0.3) is 0 Å². The van der Waals surface area contributed by atoms with Crippen molar-refractivity contribution >= 4 is 11.9 Å². The molecule has 5 nitrogen and oxygen atoms in total. The molecule has 0 aliphatic heterocycles. The topological polar surface area (TPSA) is 72.8 Å². The number of aliphatic hydroxyl groups excluding tert-OH is 1. The first-order chi connectivity index (χ1) is 39.6. The van der Waals surface area contributed by atoms with Gasteiger partial charge in [0.2, 0.25) is 0 Å². The van der Waals surface area contributed by atoms with Crippen molar-refractivity contribution in [1.29, 1.82) is 0 Å². The molecule has 0 aromatic carbocycles. The third kappa shape index (κ3) is 68.6. The van der Waals surface area contributed by atoms with E-state index in [9.17, 15) is 14.7 Å². The molecule has 0 rings (SSSR count). The zero-order valence-electron chi connectivity index (χ0n) is 54.4. The van der Waals surface area contributed by atoms with Gasteiger partial charge in [-0.25, -0.2) is 0 Å². The number of aliphatic hydroxyl groups is 1. The van der Waals surface area contributed by atoms with E-state index in [1.807, 2.05) is 0 Å². The molecule has 1 unspecified atom stereocenters. The van der Waals surface area contributed by atoms with Crippen LogP contribution in [0.4, 0.5) is 0 Å². The molecule has 0 fully saturated rings. The van der Waals surface area contributed by atoms with Crippen molar-refractivity contribution in [1.82, 2.24) is 0 Å². The van der Waals surface area contributed by atoms with Crippen LogP contribution in [0, 0.1) is 0 Å². The van der Waals surface area contributed by atoms with Gasteiger partial charge in [-0.15, -0.1) is 0 Å². The molecule has 0 aliphatic rings. The minimum absolute atomic E-state index is 0.0578. The largest absolute Gasteiger partial charge is 0.462 e. The summed E-state index contributed by atoms with van der Waals surface area (Å²) in [7, 11) is 0. The van der Waals surface area contributed by atoms with Crippen LogP contribution in [0.15, 0.2) is 36.5 Å². The smallest absolute Gasteiger partial charge is 0.306 e. The molecule has 80 heavy (non-hydrogen) atoms. The maximum atomic E-state index is 12.4. The summed E-state index contributed by atoms with van der Waals surface area (Å²) in [6.07, 6.45) is 94.9. The van der Waals surface area contributed by atoms with Gasteiger partial charge in [-0.3, -0.25) is 9.59 Å². The molecule has 0 aromatic heterocycles. The average molecular weight is 1120 g/mol. The lowest BCUT2D eigenvalue weighted by Crippen LogP contribution is -2.28. The first kappa shape index (κ1) is 78.1. The molecular weight excluding hydrogens is 981 g/mol. The van der Waals surface area contributed by atoms with Crippen LogP contribution >= 0.6 is 0 Å². The fourth-order valence-corrected chi connectivity index (χ4v) is 11.5. The number of ether oxygens (including phenoxy) is 2. The van der Waals surface area contributed by atoms with Gasteiger partial charge in [-0.05, 0) is 51.4 Å². The molecule has 0 radical (unpaired) electrons. The first-order valence-electron chi connectivity index (χ1n) is 36.5. The number of allylic oxidation sites excluding steroid dienone is 6. The molecule has 0 bridgehead atoms. The molecule has 0 amide bonds. The van der Waals surface area contributed by atoms with Crippen molar-refractivity contribution in [2.75, 3.05) is 13.2 Å². The van der Waals surface area contributed by atoms with Crippen molar-refractivity contribution in [3.8, 4) is 0 Å². The maximum Gasteiger partial charge on any atom is 0.306 e. The summed E-state index contributed by atoms with van der Waals surface area (Å²) in [6.45, 7) is 4.20. The van der Waals surface area contributed by atoms with Gasteiger partial charge < -0.3 is 14.6 Å². The predicted molar refractivity (Wildman–Crippen MR) is 353 cm³/mol. The SMILES string of the molecule is CCCCCCC/C=C\C/C=C\C/C=C\CCCCCCCCCCCCCCCCCCCCCCCCCCC(=O)OC(CO)COC(=O)CCCCCCCCCCCCCCCCCCCCCCCCCCCCC.